The summed E-state index contributed by atoms with van der Waals surface area (Å²) in [6.07, 6.45) is 6.55. The van der Waals surface area contributed by atoms with E-state index in [0.29, 0.717) is 6.42 Å². The minimum atomic E-state index is -0.286. The van der Waals surface area contributed by atoms with Crippen LogP contribution in [0.15, 0.2) is 53.0 Å². The van der Waals surface area contributed by atoms with E-state index in [-0.39, 0.29) is 11.9 Å². The number of nitrogens with zero attached hydrogens (tertiary/aromatic N) is 2. The molecule has 32 heavy (non-hydrogen) atoms. The van der Waals surface area contributed by atoms with Crippen LogP contribution in [-0.4, -0.2) is 43.0 Å². The van der Waals surface area contributed by atoms with Gasteiger partial charge in [-0.1, -0.05) is 44.7 Å². The van der Waals surface area contributed by atoms with Crippen LogP contribution in [-0.2, 0) is 4.79 Å². The number of piperazine rings is 1. The van der Waals surface area contributed by atoms with Crippen molar-refractivity contribution in [2.75, 3.05) is 41.7 Å². The van der Waals surface area contributed by atoms with E-state index in [1.54, 1.807) is 0 Å². The average molecular weight is 501 g/mol. The zero-order valence-corrected chi connectivity index (χ0v) is 20.4. The van der Waals surface area contributed by atoms with Crippen LogP contribution in [0.4, 0.5) is 21.9 Å². The number of carbonyl (C=O) groups is 2. The first-order valence-corrected chi connectivity index (χ1v) is 12.3. The first-order chi connectivity index (χ1) is 15.6. The normalized spacial score (nSPS) is 13.7. The van der Waals surface area contributed by atoms with Crippen LogP contribution in [0.3, 0.4) is 0 Å². The van der Waals surface area contributed by atoms with Gasteiger partial charge in [0.05, 0.1) is 5.69 Å². The molecule has 6 nitrogen and oxygen atoms in total. The largest absolute Gasteiger partial charge is 0.368 e. The van der Waals surface area contributed by atoms with Crippen LogP contribution >= 0.6 is 15.9 Å². The number of para-hydroxylation sites is 1. The number of amides is 3. The van der Waals surface area contributed by atoms with Crippen molar-refractivity contribution >= 4 is 44.9 Å². The topological polar surface area (TPSA) is 64.7 Å². The second kappa shape index (κ2) is 12.5. The maximum absolute atomic E-state index is 12.4. The summed E-state index contributed by atoms with van der Waals surface area (Å²) < 4.78 is 0.833. The summed E-state index contributed by atoms with van der Waals surface area (Å²) in [7, 11) is 0. The number of rotatable bonds is 9. The van der Waals surface area contributed by atoms with Crippen molar-refractivity contribution in [2.24, 2.45) is 0 Å². The number of nitrogens with one attached hydrogen (secondary N) is 2. The molecule has 172 valence electrons. The van der Waals surface area contributed by atoms with Gasteiger partial charge in [0.1, 0.15) is 0 Å². The number of hydrogen-bond acceptors (Lipinski definition) is 3. The SMILES string of the molecule is CCCCCCCC(=O)N1CCN(c2ccc(NC(=O)Nc3ccccc3Br)cc2)CC1. The van der Waals surface area contributed by atoms with Gasteiger partial charge >= 0.3 is 6.03 Å². The molecule has 0 saturated carbocycles. The third kappa shape index (κ3) is 7.26. The summed E-state index contributed by atoms with van der Waals surface area (Å²) in [5.41, 5.74) is 2.55. The van der Waals surface area contributed by atoms with Gasteiger partial charge in [-0.3, -0.25) is 4.79 Å². The van der Waals surface area contributed by atoms with E-state index in [1.165, 1.54) is 19.3 Å². The standard InChI is InChI=1S/C25H33BrN4O2/c1-2-3-4-5-6-11-24(31)30-18-16-29(17-19-30)21-14-12-20(13-15-21)27-25(32)28-23-10-8-7-9-22(23)26/h7-10,12-15H,2-6,11,16-19H2,1H3,(H2,27,28,32). The lowest BCUT2D eigenvalue weighted by Crippen LogP contribution is -2.48. The summed E-state index contributed by atoms with van der Waals surface area (Å²) >= 11 is 3.43. The molecule has 1 saturated heterocycles. The molecule has 0 aliphatic carbocycles. The first kappa shape index (κ1) is 24.1. The summed E-state index contributed by atoms with van der Waals surface area (Å²) in [6, 6.07) is 15.0. The van der Waals surface area contributed by atoms with E-state index in [9.17, 15) is 9.59 Å². The minimum absolute atomic E-state index is 0.286. The third-order valence-corrected chi connectivity index (χ3v) is 6.43. The van der Waals surface area contributed by atoms with Gasteiger partial charge in [0.2, 0.25) is 5.91 Å². The van der Waals surface area contributed by atoms with Crippen molar-refractivity contribution in [1.29, 1.82) is 0 Å². The fraction of sp³-hybridized carbons (Fsp3) is 0.440. The van der Waals surface area contributed by atoms with Gasteiger partial charge in [-0.15, -0.1) is 0 Å². The first-order valence-electron chi connectivity index (χ1n) is 11.5. The maximum atomic E-state index is 12.4. The summed E-state index contributed by atoms with van der Waals surface area (Å²) in [4.78, 5) is 29.0. The lowest BCUT2D eigenvalue weighted by atomic mass is 10.1. The molecular formula is C25H33BrN4O2. The van der Waals surface area contributed by atoms with Crippen LogP contribution in [0.2, 0.25) is 0 Å². The molecule has 0 unspecified atom stereocenters. The van der Waals surface area contributed by atoms with Crippen molar-refractivity contribution in [1.82, 2.24) is 4.90 Å². The molecule has 0 spiro atoms. The Morgan fingerprint density at radius 3 is 2.25 bits per heavy atom. The molecule has 3 amide bonds. The fourth-order valence-corrected chi connectivity index (χ4v) is 4.24. The molecule has 0 atom stereocenters. The van der Waals surface area contributed by atoms with Crippen molar-refractivity contribution in [3.8, 4) is 0 Å². The smallest absolute Gasteiger partial charge is 0.323 e. The zero-order valence-electron chi connectivity index (χ0n) is 18.8. The van der Waals surface area contributed by atoms with Gasteiger partial charge < -0.3 is 20.4 Å². The molecule has 3 rings (SSSR count). The number of anilines is 3. The Balaban J connectivity index is 1.42. The molecule has 0 bridgehead atoms. The molecule has 0 radical (unpaired) electrons. The van der Waals surface area contributed by atoms with Gasteiger partial charge in [-0.05, 0) is 58.7 Å². The molecule has 1 aliphatic heterocycles. The summed E-state index contributed by atoms with van der Waals surface area (Å²) in [5.74, 6) is 0.289. The predicted molar refractivity (Wildman–Crippen MR) is 135 cm³/mol. The van der Waals surface area contributed by atoms with Gasteiger partial charge in [0.15, 0.2) is 0 Å². The highest BCUT2D eigenvalue weighted by molar-refractivity contribution is 9.10. The molecule has 0 aromatic heterocycles. The van der Waals surface area contributed by atoms with Gasteiger partial charge in [0.25, 0.3) is 0 Å². The number of benzene rings is 2. The van der Waals surface area contributed by atoms with Gasteiger partial charge in [-0.2, -0.15) is 0 Å². The highest BCUT2D eigenvalue weighted by Gasteiger charge is 2.21. The molecule has 2 N–H and O–H groups in total. The summed E-state index contributed by atoms with van der Waals surface area (Å²) in [6.45, 7) is 5.40. The van der Waals surface area contributed by atoms with E-state index in [4.69, 9.17) is 0 Å². The van der Waals surface area contributed by atoms with Crippen molar-refractivity contribution < 1.29 is 9.59 Å². The van der Waals surface area contributed by atoms with Crippen LogP contribution in [0, 0.1) is 0 Å². The molecule has 2 aromatic rings. The monoisotopic (exact) mass is 500 g/mol. The lowest BCUT2D eigenvalue weighted by molar-refractivity contribution is -0.131. The summed E-state index contributed by atoms with van der Waals surface area (Å²) in [5, 5.41) is 5.69. The molecule has 1 fully saturated rings. The van der Waals surface area contributed by atoms with E-state index in [1.807, 2.05) is 53.4 Å². The fourth-order valence-electron chi connectivity index (χ4n) is 3.85. The zero-order chi connectivity index (χ0) is 22.8. The molecule has 1 heterocycles. The lowest BCUT2D eigenvalue weighted by Gasteiger charge is -2.36. The highest BCUT2D eigenvalue weighted by atomic mass is 79.9. The number of urea groups is 1. The highest BCUT2D eigenvalue weighted by Crippen LogP contribution is 2.23. The Bertz CT molecular complexity index is 880. The maximum Gasteiger partial charge on any atom is 0.323 e. The predicted octanol–water partition coefficient (Wildman–Crippen LogP) is 6.10. The number of hydrogen-bond donors (Lipinski definition) is 2. The van der Waals surface area contributed by atoms with Crippen LogP contribution in [0.5, 0.6) is 0 Å². The Morgan fingerprint density at radius 2 is 1.56 bits per heavy atom. The molecule has 2 aromatic carbocycles. The number of carbonyl (C=O) groups excluding carboxylic acids is 2. The average Bonchev–Trinajstić information content (AvgIpc) is 2.81. The minimum Gasteiger partial charge on any atom is -0.368 e. The molecular weight excluding hydrogens is 468 g/mol. The third-order valence-electron chi connectivity index (χ3n) is 5.74. The van der Waals surface area contributed by atoms with E-state index >= 15 is 0 Å². The Hall–Kier alpha value is -2.54. The second-order valence-corrected chi connectivity index (χ2v) is 8.99. The molecule has 7 heteroatoms. The second-order valence-electron chi connectivity index (χ2n) is 8.14. The van der Waals surface area contributed by atoms with Crippen LogP contribution in [0.1, 0.15) is 45.4 Å². The molecule has 1 aliphatic rings. The Labute approximate surface area is 199 Å². The van der Waals surface area contributed by atoms with E-state index in [2.05, 4.69) is 38.4 Å². The Morgan fingerprint density at radius 1 is 0.875 bits per heavy atom. The number of halogens is 1. The Kier molecular flexibility index (Phi) is 9.41. The number of unbranched alkanes of at least 4 members (excludes halogenated alkanes) is 4. The van der Waals surface area contributed by atoms with Crippen LogP contribution < -0.4 is 15.5 Å². The van der Waals surface area contributed by atoms with Gasteiger partial charge in [-0.25, -0.2) is 4.79 Å². The quantitative estimate of drug-likeness (QED) is 0.408. The van der Waals surface area contributed by atoms with Crippen molar-refractivity contribution in [3.63, 3.8) is 0 Å². The van der Waals surface area contributed by atoms with E-state index < -0.39 is 0 Å². The van der Waals surface area contributed by atoms with Crippen LogP contribution in [0.25, 0.3) is 0 Å². The van der Waals surface area contributed by atoms with Crippen molar-refractivity contribution in [2.45, 2.75) is 45.4 Å². The van der Waals surface area contributed by atoms with Crippen molar-refractivity contribution in [3.05, 3.63) is 53.0 Å². The van der Waals surface area contributed by atoms with Gasteiger partial charge in [0, 0.05) is 48.4 Å². The van der Waals surface area contributed by atoms with E-state index in [0.717, 1.165) is 60.6 Å².